The summed E-state index contributed by atoms with van der Waals surface area (Å²) < 4.78 is 5.26. The van der Waals surface area contributed by atoms with Gasteiger partial charge in [0.2, 0.25) is 5.91 Å². The molecule has 4 nitrogen and oxygen atoms in total. The number of carbonyl (C=O) groups excluding carboxylic acids is 1. The average molecular weight is 301 g/mol. The zero-order chi connectivity index (χ0) is 14.3. The van der Waals surface area contributed by atoms with Gasteiger partial charge in [0.15, 0.2) is 0 Å². The molecule has 0 atom stereocenters. The van der Waals surface area contributed by atoms with Crippen molar-refractivity contribution in [3.05, 3.63) is 28.8 Å². The SMILES string of the molecule is CCCOCCC(=O)Nc1cc(Cl)ccc1C(N)=S. The maximum absolute atomic E-state index is 11.7. The van der Waals surface area contributed by atoms with E-state index < -0.39 is 0 Å². The third kappa shape index (κ3) is 5.55. The number of hydrogen-bond acceptors (Lipinski definition) is 3. The number of hydrogen-bond donors (Lipinski definition) is 2. The van der Waals surface area contributed by atoms with Crippen LogP contribution in [0.15, 0.2) is 18.2 Å². The maximum Gasteiger partial charge on any atom is 0.226 e. The second-order valence-corrected chi connectivity index (χ2v) is 4.84. The molecule has 0 radical (unpaired) electrons. The Kier molecular flexibility index (Phi) is 6.77. The molecular weight excluding hydrogens is 284 g/mol. The number of amides is 1. The van der Waals surface area contributed by atoms with Crippen LogP contribution in [-0.2, 0) is 9.53 Å². The average Bonchev–Trinajstić information content (AvgIpc) is 2.34. The van der Waals surface area contributed by atoms with Crippen LogP contribution in [0.5, 0.6) is 0 Å². The molecule has 0 aliphatic carbocycles. The first-order chi connectivity index (χ1) is 9.04. The van der Waals surface area contributed by atoms with Crippen molar-refractivity contribution >= 4 is 40.4 Å². The van der Waals surface area contributed by atoms with Crippen molar-refractivity contribution in [2.24, 2.45) is 5.73 Å². The van der Waals surface area contributed by atoms with Crippen molar-refractivity contribution in [2.75, 3.05) is 18.5 Å². The molecule has 1 rings (SSSR count). The molecule has 1 aromatic rings. The number of carbonyl (C=O) groups is 1. The Labute approximate surface area is 123 Å². The lowest BCUT2D eigenvalue weighted by molar-refractivity contribution is -0.117. The lowest BCUT2D eigenvalue weighted by Gasteiger charge is -2.10. The van der Waals surface area contributed by atoms with Gasteiger partial charge in [-0.3, -0.25) is 4.79 Å². The molecule has 104 valence electrons. The smallest absolute Gasteiger partial charge is 0.226 e. The maximum atomic E-state index is 11.7. The van der Waals surface area contributed by atoms with Crippen LogP contribution in [0, 0.1) is 0 Å². The Hall–Kier alpha value is -1.17. The van der Waals surface area contributed by atoms with Gasteiger partial charge in [0.25, 0.3) is 0 Å². The van der Waals surface area contributed by atoms with E-state index in [-0.39, 0.29) is 17.3 Å². The summed E-state index contributed by atoms with van der Waals surface area (Å²) in [5, 5.41) is 3.25. The van der Waals surface area contributed by atoms with E-state index >= 15 is 0 Å². The quantitative estimate of drug-likeness (QED) is 0.600. The largest absolute Gasteiger partial charge is 0.389 e. The first kappa shape index (κ1) is 15.9. The van der Waals surface area contributed by atoms with Crippen molar-refractivity contribution in [1.29, 1.82) is 0 Å². The molecule has 0 heterocycles. The minimum absolute atomic E-state index is 0.157. The Balaban J connectivity index is 2.62. The van der Waals surface area contributed by atoms with Crippen LogP contribution < -0.4 is 11.1 Å². The predicted molar refractivity (Wildman–Crippen MR) is 81.7 cm³/mol. The van der Waals surface area contributed by atoms with Gasteiger partial charge in [-0.05, 0) is 24.6 Å². The summed E-state index contributed by atoms with van der Waals surface area (Å²) in [6.45, 7) is 3.06. The second kappa shape index (κ2) is 8.09. The van der Waals surface area contributed by atoms with E-state index in [9.17, 15) is 4.79 Å². The van der Waals surface area contributed by atoms with E-state index in [1.54, 1.807) is 18.2 Å². The molecule has 19 heavy (non-hydrogen) atoms. The number of nitrogens with one attached hydrogen (secondary N) is 1. The Morgan fingerprint density at radius 1 is 1.47 bits per heavy atom. The molecule has 0 fully saturated rings. The fourth-order valence-electron chi connectivity index (χ4n) is 1.46. The topological polar surface area (TPSA) is 64.3 Å². The fourth-order valence-corrected chi connectivity index (χ4v) is 1.81. The van der Waals surface area contributed by atoms with Gasteiger partial charge in [0.1, 0.15) is 4.99 Å². The van der Waals surface area contributed by atoms with Crippen LogP contribution in [0.3, 0.4) is 0 Å². The Morgan fingerprint density at radius 3 is 2.84 bits per heavy atom. The van der Waals surface area contributed by atoms with Crippen LogP contribution in [0.1, 0.15) is 25.3 Å². The number of halogens is 1. The number of anilines is 1. The first-order valence-corrected chi connectivity index (χ1v) is 6.80. The summed E-state index contributed by atoms with van der Waals surface area (Å²) in [7, 11) is 0. The van der Waals surface area contributed by atoms with Crippen LogP contribution in [0.2, 0.25) is 5.02 Å². The van der Waals surface area contributed by atoms with Crippen molar-refractivity contribution in [3.63, 3.8) is 0 Å². The second-order valence-electron chi connectivity index (χ2n) is 3.96. The summed E-state index contributed by atoms with van der Waals surface area (Å²) in [5.41, 5.74) is 6.72. The molecule has 1 amide bonds. The predicted octanol–water partition coefficient (Wildman–Crippen LogP) is 2.73. The van der Waals surface area contributed by atoms with Gasteiger partial charge in [-0.1, -0.05) is 30.7 Å². The van der Waals surface area contributed by atoms with E-state index in [1.165, 1.54) is 0 Å². The Bertz CT molecular complexity index is 466. The molecule has 0 unspecified atom stereocenters. The molecule has 0 aliphatic rings. The zero-order valence-electron chi connectivity index (χ0n) is 10.7. The first-order valence-electron chi connectivity index (χ1n) is 6.01. The molecule has 0 aromatic heterocycles. The van der Waals surface area contributed by atoms with Gasteiger partial charge in [-0.25, -0.2) is 0 Å². The van der Waals surface area contributed by atoms with Crippen LogP contribution in [0.25, 0.3) is 0 Å². The minimum atomic E-state index is -0.157. The summed E-state index contributed by atoms with van der Waals surface area (Å²) in [4.78, 5) is 12.0. The van der Waals surface area contributed by atoms with E-state index in [4.69, 9.17) is 34.3 Å². The zero-order valence-corrected chi connectivity index (χ0v) is 12.3. The number of ether oxygens (including phenoxy) is 1. The highest BCUT2D eigenvalue weighted by atomic mass is 35.5. The Morgan fingerprint density at radius 2 is 2.21 bits per heavy atom. The fraction of sp³-hybridized carbons (Fsp3) is 0.385. The summed E-state index contributed by atoms with van der Waals surface area (Å²) in [5.74, 6) is -0.157. The molecule has 0 saturated heterocycles. The number of thiocarbonyl (C=S) groups is 1. The lowest BCUT2D eigenvalue weighted by atomic mass is 10.1. The van der Waals surface area contributed by atoms with E-state index in [1.807, 2.05) is 6.92 Å². The third-order valence-electron chi connectivity index (χ3n) is 2.34. The van der Waals surface area contributed by atoms with Gasteiger partial charge in [0.05, 0.1) is 18.7 Å². The lowest BCUT2D eigenvalue weighted by Crippen LogP contribution is -2.18. The van der Waals surface area contributed by atoms with Crippen molar-refractivity contribution in [2.45, 2.75) is 19.8 Å². The summed E-state index contributed by atoms with van der Waals surface area (Å²) in [6, 6.07) is 4.99. The van der Waals surface area contributed by atoms with Gasteiger partial charge < -0.3 is 15.8 Å². The summed E-state index contributed by atoms with van der Waals surface area (Å²) >= 11 is 10.8. The van der Waals surface area contributed by atoms with Crippen LogP contribution >= 0.6 is 23.8 Å². The van der Waals surface area contributed by atoms with E-state index in [0.29, 0.717) is 29.5 Å². The third-order valence-corrected chi connectivity index (χ3v) is 2.80. The van der Waals surface area contributed by atoms with Crippen molar-refractivity contribution in [3.8, 4) is 0 Å². The molecule has 1 aromatic carbocycles. The van der Waals surface area contributed by atoms with Gasteiger partial charge >= 0.3 is 0 Å². The normalized spacial score (nSPS) is 10.2. The highest BCUT2D eigenvalue weighted by Gasteiger charge is 2.09. The van der Waals surface area contributed by atoms with Crippen LogP contribution in [-0.4, -0.2) is 24.1 Å². The molecular formula is C13H17ClN2O2S. The number of benzene rings is 1. The number of rotatable bonds is 7. The van der Waals surface area contributed by atoms with E-state index in [2.05, 4.69) is 5.32 Å². The van der Waals surface area contributed by atoms with Gasteiger partial charge in [-0.2, -0.15) is 0 Å². The van der Waals surface area contributed by atoms with Gasteiger partial charge in [-0.15, -0.1) is 0 Å². The molecule has 6 heteroatoms. The molecule has 0 bridgehead atoms. The highest BCUT2D eigenvalue weighted by Crippen LogP contribution is 2.21. The number of nitrogens with two attached hydrogens (primary N) is 1. The van der Waals surface area contributed by atoms with E-state index in [0.717, 1.165) is 6.42 Å². The molecule has 0 aliphatic heterocycles. The highest BCUT2D eigenvalue weighted by molar-refractivity contribution is 7.80. The standard InChI is InChI=1S/C13H17ClN2O2S/c1-2-6-18-7-5-12(17)16-11-8-9(14)3-4-10(11)13(15)19/h3-4,8H,2,5-7H2,1H3,(H2,15,19)(H,16,17). The molecule has 0 spiro atoms. The van der Waals surface area contributed by atoms with Gasteiger partial charge in [0, 0.05) is 17.2 Å². The van der Waals surface area contributed by atoms with Crippen molar-refractivity contribution < 1.29 is 9.53 Å². The molecule has 0 saturated carbocycles. The minimum Gasteiger partial charge on any atom is -0.389 e. The summed E-state index contributed by atoms with van der Waals surface area (Å²) in [6.07, 6.45) is 1.21. The van der Waals surface area contributed by atoms with Crippen LogP contribution in [0.4, 0.5) is 5.69 Å². The molecule has 3 N–H and O–H groups in total. The van der Waals surface area contributed by atoms with Crippen molar-refractivity contribution in [1.82, 2.24) is 0 Å². The monoisotopic (exact) mass is 300 g/mol.